The van der Waals surface area contributed by atoms with Crippen molar-refractivity contribution in [1.29, 1.82) is 0 Å². The van der Waals surface area contributed by atoms with Gasteiger partial charge in [-0.05, 0) is 20.8 Å². The van der Waals surface area contributed by atoms with Gasteiger partial charge in [0.1, 0.15) is 0 Å². The lowest BCUT2D eigenvalue weighted by Crippen LogP contribution is -2.43. The molecule has 0 aromatic rings. The lowest BCUT2D eigenvalue weighted by atomic mass is 9.92. The Bertz CT molecular complexity index is 227. The van der Waals surface area contributed by atoms with Crippen LogP contribution in [0.4, 0.5) is 0 Å². The smallest absolute Gasteiger partial charge is 0.319 e. The summed E-state index contributed by atoms with van der Waals surface area (Å²) in [5, 5.41) is 5.46. The number of carbonyl (C=O) groups excluding carboxylic acids is 2. The molecular weight excluding hydrogens is 196 g/mol. The van der Waals surface area contributed by atoms with Crippen molar-refractivity contribution in [3.63, 3.8) is 0 Å². The Morgan fingerprint density at radius 1 is 1.33 bits per heavy atom. The van der Waals surface area contributed by atoms with Crippen LogP contribution in [-0.4, -0.2) is 38.6 Å². The topological polar surface area (TPSA) is 67.4 Å². The molecule has 0 saturated carbocycles. The first-order valence-electron chi connectivity index (χ1n) is 5.02. The monoisotopic (exact) mass is 216 g/mol. The van der Waals surface area contributed by atoms with Gasteiger partial charge in [-0.15, -0.1) is 0 Å². The zero-order valence-electron chi connectivity index (χ0n) is 9.85. The highest BCUT2D eigenvalue weighted by molar-refractivity contribution is 5.81. The van der Waals surface area contributed by atoms with Gasteiger partial charge in [0.2, 0.25) is 5.91 Å². The molecule has 5 nitrogen and oxygen atoms in total. The first kappa shape index (κ1) is 13.9. The minimum Gasteiger partial charge on any atom is -0.465 e. The zero-order valence-corrected chi connectivity index (χ0v) is 9.85. The molecule has 0 bridgehead atoms. The van der Waals surface area contributed by atoms with E-state index in [1.165, 1.54) is 0 Å². The quantitative estimate of drug-likeness (QED) is 0.609. The molecule has 0 aliphatic heterocycles. The van der Waals surface area contributed by atoms with Crippen LogP contribution in [0.25, 0.3) is 0 Å². The molecule has 0 unspecified atom stereocenters. The Hall–Kier alpha value is -1.10. The van der Waals surface area contributed by atoms with Crippen molar-refractivity contribution in [2.24, 2.45) is 5.41 Å². The summed E-state index contributed by atoms with van der Waals surface area (Å²) in [7, 11) is 1.59. The molecule has 15 heavy (non-hydrogen) atoms. The first-order valence-corrected chi connectivity index (χ1v) is 5.02. The fourth-order valence-electron chi connectivity index (χ4n) is 1.11. The summed E-state index contributed by atoms with van der Waals surface area (Å²) in [6.45, 7) is 6.32. The zero-order chi connectivity index (χ0) is 11.9. The van der Waals surface area contributed by atoms with E-state index in [0.29, 0.717) is 13.2 Å². The van der Waals surface area contributed by atoms with Crippen LogP contribution < -0.4 is 10.6 Å². The third-order valence-electron chi connectivity index (χ3n) is 1.98. The van der Waals surface area contributed by atoms with Crippen molar-refractivity contribution < 1.29 is 14.3 Å². The largest absolute Gasteiger partial charge is 0.465 e. The maximum Gasteiger partial charge on any atom is 0.319 e. The molecule has 0 aliphatic carbocycles. The van der Waals surface area contributed by atoms with Crippen LogP contribution in [0.1, 0.15) is 20.8 Å². The summed E-state index contributed by atoms with van der Waals surface area (Å²) in [4.78, 5) is 22.4. The molecule has 0 aromatic carbocycles. The van der Waals surface area contributed by atoms with Crippen molar-refractivity contribution >= 4 is 11.9 Å². The number of ether oxygens (including phenoxy) is 1. The summed E-state index contributed by atoms with van der Waals surface area (Å²) < 4.78 is 4.74. The minimum atomic E-state index is -0.527. The number of hydrogen-bond donors (Lipinski definition) is 2. The van der Waals surface area contributed by atoms with Gasteiger partial charge < -0.3 is 15.4 Å². The van der Waals surface area contributed by atoms with E-state index in [9.17, 15) is 9.59 Å². The van der Waals surface area contributed by atoms with E-state index in [2.05, 4.69) is 10.6 Å². The van der Waals surface area contributed by atoms with Crippen LogP contribution in [0.5, 0.6) is 0 Å². The molecule has 0 aliphatic rings. The number of nitrogens with one attached hydrogen (secondary N) is 2. The van der Waals surface area contributed by atoms with Gasteiger partial charge in [0.05, 0.1) is 18.6 Å². The van der Waals surface area contributed by atoms with Crippen LogP contribution in [-0.2, 0) is 14.3 Å². The normalized spacial score (nSPS) is 10.9. The molecule has 0 saturated heterocycles. The highest BCUT2D eigenvalue weighted by Gasteiger charge is 2.26. The summed E-state index contributed by atoms with van der Waals surface area (Å²) in [5.41, 5.74) is -0.527. The standard InChI is InChI=1S/C10H20N2O3/c1-5-15-8(13)6-12-7-10(2,3)9(14)11-4/h12H,5-7H2,1-4H3,(H,11,14). The van der Waals surface area contributed by atoms with Crippen molar-refractivity contribution in [2.45, 2.75) is 20.8 Å². The van der Waals surface area contributed by atoms with Gasteiger partial charge >= 0.3 is 5.97 Å². The molecule has 5 heteroatoms. The summed E-state index contributed by atoms with van der Waals surface area (Å²) >= 11 is 0. The average molecular weight is 216 g/mol. The molecule has 0 radical (unpaired) electrons. The second-order valence-electron chi connectivity index (χ2n) is 3.87. The predicted molar refractivity (Wildman–Crippen MR) is 57.4 cm³/mol. The average Bonchev–Trinajstić information content (AvgIpc) is 2.16. The lowest BCUT2D eigenvalue weighted by Gasteiger charge is -2.22. The second kappa shape index (κ2) is 6.40. The van der Waals surface area contributed by atoms with Crippen LogP contribution in [0.15, 0.2) is 0 Å². The molecule has 0 fully saturated rings. The van der Waals surface area contributed by atoms with E-state index in [1.54, 1.807) is 14.0 Å². The van der Waals surface area contributed by atoms with Crippen molar-refractivity contribution in [3.8, 4) is 0 Å². The van der Waals surface area contributed by atoms with E-state index in [0.717, 1.165) is 0 Å². The van der Waals surface area contributed by atoms with Gasteiger partial charge in [-0.25, -0.2) is 0 Å². The number of esters is 1. The highest BCUT2D eigenvalue weighted by Crippen LogP contribution is 2.12. The van der Waals surface area contributed by atoms with Crippen molar-refractivity contribution in [1.82, 2.24) is 10.6 Å². The van der Waals surface area contributed by atoms with E-state index < -0.39 is 5.41 Å². The lowest BCUT2D eigenvalue weighted by molar-refractivity contribution is -0.142. The van der Waals surface area contributed by atoms with Gasteiger partial charge in [-0.2, -0.15) is 0 Å². The summed E-state index contributed by atoms with van der Waals surface area (Å²) in [5.74, 6) is -0.357. The van der Waals surface area contributed by atoms with Crippen LogP contribution in [0.2, 0.25) is 0 Å². The van der Waals surface area contributed by atoms with Crippen LogP contribution >= 0.6 is 0 Å². The maximum atomic E-state index is 11.4. The molecule has 2 N–H and O–H groups in total. The van der Waals surface area contributed by atoms with Crippen LogP contribution in [0, 0.1) is 5.41 Å². The number of rotatable bonds is 6. The fourth-order valence-corrected chi connectivity index (χ4v) is 1.11. The third-order valence-corrected chi connectivity index (χ3v) is 1.98. The molecule has 88 valence electrons. The summed E-state index contributed by atoms with van der Waals surface area (Å²) in [6.07, 6.45) is 0. The molecule has 0 atom stereocenters. The Labute approximate surface area is 90.6 Å². The van der Waals surface area contributed by atoms with Crippen molar-refractivity contribution in [3.05, 3.63) is 0 Å². The van der Waals surface area contributed by atoms with Gasteiger partial charge in [-0.1, -0.05) is 0 Å². The van der Waals surface area contributed by atoms with E-state index >= 15 is 0 Å². The Balaban J connectivity index is 3.84. The molecule has 0 spiro atoms. The Morgan fingerprint density at radius 2 is 1.93 bits per heavy atom. The minimum absolute atomic E-state index is 0.0566. The number of carbonyl (C=O) groups is 2. The van der Waals surface area contributed by atoms with Gasteiger partial charge in [0, 0.05) is 13.6 Å². The molecule has 0 aromatic heterocycles. The van der Waals surface area contributed by atoms with E-state index in [4.69, 9.17) is 4.74 Å². The van der Waals surface area contributed by atoms with Crippen LogP contribution in [0.3, 0.4) is 0 Å². The predicted octanol–water partition coefficient (Wildman–Crippen LogP) is -0.0887. The van der Waals surface area contributed by atoms with E-state index in [-0.39, 0.29) is 18.4 Å². The highest BCUT2D eigenvalue weighted by atomic mass is 16.5. The molecule has 0 rings (SSSR count). The molecule has 1 amide bonds. The third kappa shape index (κ3) is 5.37. The van der Waals surface area contributed by atoms with Crippen molar-refractivity contribution in [2.75, 3.05) is 26.7 Å². The van der Waals surface area contributed by atoms with Gasteiger partial charge in [-0.3, -0.25) is 9.59 Å². The first-order chi connectivity index (χ1) is 6.94. The molecule has 0 heterocycles. The SMILES string of the molecule is CCOC(=O)CNCC(C)(C)C(=O)NC. The van der Waals surface area contributed by atoms with Gasteiger partial charge in [0.25, 0.3) is 0 Å². The number of amides is 1. The summed E-state index contributed by atoms with van der Waals surface area (Å²) in [6, 6.07) is 0. The number of hydrogen-bond acceptors (Lipinski definition) is 4. The molecular formula is C10H20N2O3. The van der Waals surface area contributed by atoms with E-state index in [1.807, 2.05) is 13.8 Å². The maximum absolute atomic E-state index is 11.4. The van der Waals surface area contributed by atoms with Gasteiger partial charge in [0.15, 0.2) is 0 Å². The fraction of sp³-hybridized carbons (Fsp3) is 0.800. The Morgan fingerprint density at radius 3 is 2.40 bits per heavy atom. The Kier molecular flexibility index (Phi) is 5.93. The second-order valence-corrected chi connectivity index (χ2v) is 3.87.